The molecule has 0 N–H and O–H groups in total. The number of rotatable bonds is 2. The van der Waals surface area contributed by atoms with E-state index in [9.17, 15) is 0 Å². The van der Waals surface area contributed by atoms with Crippen molar-refractivity contribution in [3.63, 3.8) is 0 Å². The summed E-state index contributed by atoms with van der Waals surface area (Å²) in [6.45, 7) is 4.38. The molecule has 3 heteroatoms. The van der Waals surface area contributed by atoms with Gasteiger partial charge in [0, 0.05) is 31.3 Å². The molecule has 1 fully saturated rings. The number of hydrogen-bond acceptors (Lipinski definition) is 3. The summed E-state index contributed by atoms with van der Waals surface area (Å²) in [6.07, 6.45) is 4.71. The van der Waals surface area contributed by atoms with Gasteiger partial charge in [0.25, 0.3) is 0 Å². The Hall–Kier alpha value is -1.61. The van der Waals surface area contributed by atoms with Gasteiger partial charge in [0.1, 0.15) is 6.10 Å². The minimum absolute atomic E-state index is 0.360. The number of aliphatic imine (C=N–C) groups is 1. The summed E-state index contributed by atoms with van der Waals surface area (Å²) in [6, 6.07) is 8.60. The molecule has 0 aromatic heterocycles. The van der Waals surface area contributed by atoms with Gasteiger partial charge < -0.3 is 9.64 Å². The van der Waals surface area contributed by atoms with Gasteiger partial charge in [-0.1, -0.05) is 24.3 Å². The highest BCUT2D eigenvalue weighted by molar-refractivity contribution is 6.14. The van der Waals surface area contributed by atoms with E-state index in [1.54, 1.807) is 0 Å². The number of fused-ring (bicyclic) bond motifs is 1. The van der Waals surface area contributed by atoms with E-state index in [4.69, 9.17) is 4.74 Å². The van der Waals surface area contributed by atoms with Crippen molar-refractivity contribution in [1.29, 1.82) is 0 Å². The van der Waals surface area contributed by atoms with Crippen molar-refractivity contribution >= 4 is 5.71 Å². The minimum atomic E-state index is 0.360. The van der Waals surface area contributed by atoms with Gasteiger partial charge in [0.2, 0.25) is 0 Å². The standard InChI is InChI=1S/C19H26N2O/c1-14(22-16-10-12-21(3)13-11-16)17-9-8-15-6-4-5-7-18(15)19(17)20-2/h4-7,16H,8-13H2,1-3H3/b17-14+,20-19?. The van der Waals surface area contributed by atoms with Gasteiger partial charge in [-0.25, -0.2) is 0 Å². The van der Waals surface area contributed by atoms with Crippen molar-refractivity contribution in [1.82, 2.24) is 4.90 Å². The highest BCUT2D eigenvalue weighted by atomic mass is 16.5. The minimum Gasteiger partial charge on any atom is -0.495 e. The fraction of sp³-hybridized carbons (Fsp3) is 0.526. The molecular weight excluding hydrogens is 272 g/mol. The van der Waals surface area contributed by atoms with Crippen LogP contribution in [0.15, 0.2) is 40.6 Å². The van der Waals surface area contributed by atoms with Crippen molar-refractivity contribution in [3.05, 3.63) is 46.7 Å². The van der Waals surface area contributed by atoms with E-state index in [0.717, 1.165) is 50.2 Å². The van der Waals surface area contributed by atoms with Crippen LogP contribution in [0.2, 0.25) is 0 Å². The molecule has 22 heavy (non-hydrogen) atoms. The molecule has 0 amide bonds. The Labute approximate surface area is 133 Å². The van der Waals surface area contributed by atoms with Crippen molar-refractivity contribution in [2.45, 2.75) is 38.7 Å². The molecule has 0 saturated carbocycles. The number of nitrogens with zero attached hydrogens (tertiary/aromatic N) is 2. The van der Waals surface area contributed by atoms with E-state index < -0.39 is 0 Å². The number of allylic oxidation sites excluding steroid dienone is 2. The predicted molar refractivity (Wildman–Crippen MR) is 91.5 cm³/mol. The first kappa shape index (κ1) is 15.3. The summed E-state index contributed by atoms with van der Waals surface area (Å²) < 4.78 is 6.30. The molecule has 1 aliphatic carbocycles. The molecule has 118 valence electrons. The summed E-state index contributed by atoms with van der Waals surface area (Å²) in [5.41, 5.74) is 5.09. The van der Waals surface area contributed by atoms with Crippen LogP contribution in [0.4, 0.5) is 0 Å². The topological polar surface area (TPSA) is 24.8 Å². The summed E-state index contributed by atoms with van der Waals surface area (Å²) in [7, 11) is 4.07. The van der Waals surface area contributed by atoms with E-state index in [1.165, 1.54) is 16.7 Å². The summed E-state index contributed by atoms with van der Waals surface area (Å²) in [4.78, 5) is 6.94. The second-order valence-corrected chi connectivity index (χ2v) is 6.38. The summed E-state index contributed by atoms with van der Waals surface area (Å²) >= 11 is 0. The van der Waals surface area contributed by atoms with Crippen LogP contribution >= 0.6 is 0 Å². The molecule has 0 bridgehead atoms. The Morgan fingerprint density at radius 1 is 1.18 bits per heavy atom. The highest BCUT2D eigenvalue weighted by Crippen LogP contribution is 2.29. The monoisotopic (exact) mass is 298 g/mol. The maximum Gasteiger partial charge on any atom is 0.101 e. The van der Waals surface area contributed by atoms with Gasteiger partial charge >= 0.3 is 0 Å². The number of benzene rings is 1. The van der Waals surface area contributed by atoms with Crippen LogP contribution in [-0.2, 0) is 11.2 Å². The Morgan fingerprint density at radius 3 is 2.64 bits per heavy atom. The molecule has 1 saturated heterocycles. The lowest BCUT2D eigenvalue weighted by Gasteiger charge is -2.31. The second-order valence-electron chi connectivity index (χ2n) is 6.38. The average Bonchev–Trinajstić information content (AvgIpc) is 2.55. The smallest absolute Gasteiger partial charge is 0.101 e. The quantitative estimate of drug-likeness (QED) is 0.781. The summed E-state index contributed by atoms with van der Waals surface area (Å²) in [5.74, 6) is 1.07. The van der Waals surface area contributed by atoms with Crippen LogP contribution in [0, 0.1) is 0 Å². The SMILES string of the molecule is CN=C1/C(=C(\C)OC2CCN(C)CC2)CCc2ccccc21. The molecule has 0 atom stereocenters. The lowest BCUT2D eigenvalue weighted by atomic mass is 9.85. The lowest BCUT2D eigenvalue weighted by molar-refractivity contribution is 0.0578. The largest absolute Gasteiger partial charge is 0.495 e. The third kappa shape index (κ3) is 3.09. The molecule has 1 heterocycles. The van der Waals surface area contributed by atoms with E-state index in [-0.39, 0.29) is 0 Å². The van der Waals surface area contributed by atoms with E-state index in [0.29, 0.717) is 6.10 Å². The number of piperidine rings is 1. The molecule has 2 aliphatic rings. The molecule has 1 aliphatic heterocycles. The fourth-order valence-electron chi connectivity index (χ4n) is 3.53. The molecular formula is C19H26N2O. The normalized spacial score (nSPS) is 24.2. The molecule has 1 aromatic carbocycles. The molecule has 0 spiro atoms. The summed E-state index contributed by atoms with van der Waals surface area (Å²) in [5, 5.41) is 0. The van der Waals surface area contributed by atoms with Gasteiger partial charge in [-0.3, -0.25) is 4.99 Å². The maximum absolute atomic E-state index is 6.30. The first-order valence-electron chi connectivity index (χ1n) is 8.29. The number of hydrogen-bond donors (Lipinski definition) is 0. The van der Waals surface area contributed by atoms with Gasteiger partial charge in [-0.15, -0.1) is 0 Å². The number of likely N-dealkylation sites (tertiary alicyclic amines) is 1. The third-order valence-corrected chi connectivity index (χ3v) is 4.86. The zero-order chi connectivity index (χ0) is 15.5. The van der Waals surface area contributed by atoms with Crippen molar-refractivity contribution in [2.75, 3.05) is 27.2 Å². The van der Waals surface area contributed by atoms with Gasteiger partial charge in [0.05, 0.1) is 11.5 Å². The zero-order valence-electron chi connectivity index (χ0n) is 13.9. The fourth-order valence-corrected chi connectivity index (χ4v) is 3.53. The molecule has 3 nitrogen and oxygen atoms in total. The average molecular weight is 298 g/mol. The predicted octanol–water partition coefficient (Wildman–Crippen LogP) is 3.44. The number of ether oxygens (including phenoxy) is 1. The van der Waals surface area contributed by atoms with E-state index in [2.05, 4.69) is 48.1 Å². The Kier molecular flexibility index (Phi) is 4.63. The van der Waals surface area contributed by atoms with Gasteiger partial charge in [0.15, 0.2) is 0 Å². The first-order valence-corrected chi connectivity index (χ1v) is 8.29. The van der Waals surface area contributed by atoms with Crippen LogP contribution in [0.25, 0.3) is 0 Å². The first-order chi connectivity index (χ1) is 10.7. The van der Waals surface area contributed by atoms with Crippen LogP contribution in [-0.4, -0.2) is 43.9 Å². The molecule has 1 aromatic rings. The van der Waals surface area contributed by atoms with Gasteiger partial charge in [-0.05, 0) is 45.2 Å². The second kappa shape index (κ2) is 6.66. The van der Waals surface area contributed by atoms with Crippen LogP contribution < -0.4 is 0 Å². The molecule has 0 unspecified atom stereocenters. The zero-order valence-corrected chi connectivity index (χ0v) is 13.9. The van der Waals surface area contributed by atoms with Crippen molar-refractivity contribution in [3.8, 4) is 0 Å². The molecule has 0 radical (unpaired) electrons. The van der Waals surface area contributed by atoms with Crippen LogP contribution in [0.5, 0.6) is 0 Å². The van der Waals surface area contributed by atoms with Crippen molar-refractivity contribution in [2.24, 2.45) is 4.99 Å². The Morgan fingerprint density at radius 2 is 1.91 bits per heavy atom. The van der Waals surface area contributed by atoms with E-state index >= 15 is 0 Å². The highest BCUT2D eigenvalue weighted by Gasteiger charge is 2.24. The number of aryl methyl sites for hydroxylation is 1. The van der Waals surface area contributed by atoms with Crippen molar-refractivity contribution < 1.29 is 4.74 Å². The maximum atomic E-state index is 6.30. The van der Waals surface area contributed by atoms with E-state index in [1.807, 2.05) is 7.05 Å². The van der Waals surface area contributed by atoms with Gasteiger partial charge in [-0.2, -0.15) is 0 Å². The Balaban J connectivity index is 1.81. The molecule has 3 rings (SSSR count). The Bertz CT molecular complexity index is 595. The third-order valence-electron chi connectivity index (χ3n) is 4.86. The van der Waals surface area contributed by atoms with Crippen LogP contribution in [0.1, 0.15) is 37.3 Å². The lowest BCUT2D eigenvalue weighted by Crippen LogP contribution is -2.34. The van der Waals surface area contributed by atoms with Crippen LogP contribution in [0.3, 0.4) is 0 Å².